The lowest BCUT2D eigenvalue weighted by atomic mass is 10.3. The first-order valence-corrected chi connectivity index (χ1v) is 7.43. The van der Waals surface area contributed by atoms with Gasteiger partial charge in [-0.1, -0.05) is 0 Å². The van der Waals surface area contributed by atoms with Crippen LogP contribution in [0, 0.1) is 0 Å². The van der Waals surface area contributed by atoms with Crippen LogP contribution in [-0.4, -0.2) is 57.1 Å². The van der Waals surface area contributed by atoms with Crippen LogP contribution in [0.15, 0.2) is 23.1 Å². The van der Waals surface area contributed by atoms with Crippen molar-refractivity contribution in [3.63, 3.8) is 0 Å². The maximum atomic E-state index is 12.0. The van der Waals surface area contributed by atoms with Gasteiger partial charge in [0.15, 0.2) is 11.5 Å². The topological polar surface area (TPSA) is 48.0 Å². The number of benzene rings is 1. The summed E-state index contributed by atoms with van der Waals surface area (Å²) in [5, 5.41) is 0. The molecule has 0 N–H and O–H groups in total. The normalized spacial score (nSPS) is 15.0. The molecule has 1 amide bonds. The molecule has 0 aromatic heterocycles. The Kier molecular flexibility index (Phi) is 5.55. The van der Waals surface area contributed by atoms with Crippen molar-refractivity contribution in [3.05, 3.63) is 18.2 Å². The van der Waals surface area contributed by atoms with E-state index in [9.17, 15) is 4.79 Å². The van der Waals surface area contributed by atoms with Gasteiger partial charge in [0.05, 0.1) is 33.2 Å². The number of amides is 1. The molecule has 0 atom stereocenters. The van der Waals surface area contributed by atoms with Crippen molar-refractivity contribution < 1.29 is 19.0 Å². The lowest BCUT2D eigenvalue weighted by Gasteiger charge is -2.26. The molecule has 1 aromatic rings. The van der Waals surface area contributed by atoms with E-state index < -0.39 is 0 Å². The van der Waals surface area contributed by atoms with Crippen molar-refractivity contribution in [1.82, 2.24) is 4.90 Å². The Balaban J connectivity index is 1.91. The van der Waals surface area contributed by atoms with E-state index in [1.807, 2.05) is 23.1 Å². The van der Waals surface area contributed by atoms with Gasteiger partial charge in [0.2, 0.25) is 5.91 Å². The Morgan fingerprint density at radius 2 is 1.95 bits per heavy atom. The molecule has 0 unspecified atom stereocenters. The highest BCUT2D eigenvalue weighted by atomic mass is 32.2. The molecule has 6 heteroatoms. The van der Waals surface area contributed by atoms with Crippen LogP contribution >= 0.6 is 11.8 Å². The third-order valence-electron chi connectivity index (χ3n) is 3.08. The molecule has 0 aliphatic carbocycles. The van der Waals surface area contributed by atoms with Gasteiger partial charge in [-0.25, -0.2) is 0 Å². The zero-order chi connectivity index (χ0) is 14.4. The van der Waals surface area contributed by atoms with Gasteiger partial charge in [-0.2, -0.15) is 0 Å². The molecule has 1 aliphatic rings. The van der Waals surface area contributed by atoms with Gasteiger partial charge in [-0.3, -0.25) is 4.79 Å². The Morgan fingerprint density at radius 1 is 1.25 bits per heavy atom. The van der Waals surface area contributed by atoms with Crippen LogP contribution in [0.25, 0.3) is 0 Å². The predicted molar refractivity (Wildman–Crippen MR) is 77.7 cm³/mol. The third kappa shape index (κ3) is 3.80. The predicted octanol–water partition coefficient (Wildman–Crippen LogP) is 1.65. The van der Waals surface area contributed by atoms with E-state index in [1.54, 1.807) is 14.2 Å². The van der Waals surface area contributed by atoms with Crippen LogP contribution in [0.5, 0.6) is 11.5 Å². The average Bonchev–Trinajstić information content (AvgIpc) is 2.53. The second-order valence-corrected chi connectivity index (χ2v) is 5.35. The Hall–Kier alpha value is -1.40. The molecule has 0 saturated carbocycles. The minimum absolute atomic E-state index is 0.146. The van der Waals surface area contributed by atoms with Crippen LogP contribution in [-0.2, 0) is 9.53 Å². The highest BCUT2D eigenvalue weighted by Gasteiger charge is 2.17. The van der Waals surface area contributed by atoms with Crippen molar-refractivity contribution in [2.45, 2.75) is 4.90 Å². The Morgan fingerprint density at radius 3 is 2.60 bits per heavy atom. The fourth-order valence-electron chi connectivity index (χ4n) is 1.96. The zero-order valence-electron chi connectivity index (χ0n) is 11.8. The molecule has 1 saturated heterocycles. The summed E-state index contributed by atoms with van der Waals surface area (Å²) in [7, 11) is 3.21. The van der Waals surface area contributed by atoms with Crippen LogP contribution in [0.4, 0.5) is 0 Å². The number of carbonyl (C=O) groups is 1. The van der Waals surface area contributed by atoms with Crippen LogP contribution in [0.2, 0.25) is 0 Å². The number of hydrogen-bond acceptors (Lipinski definition) is 5. The van der Waals surface area contributed by atoms with Gasteiger partial charge in [-0.15, -0.1) is 11.8 Å². The second kappa shape index (κ2) is 7.40. The number of nitrogens with zero attached hydrogens (tertiary/aromatic N) is 1. The lowest BCUT2D eigenvalue weighted by Crippen LogP contribution is -2.41. The fraction of sp³-hybridized carbons (Fsp3) is 0.500. The Labute approximate surface area is 123 Å². The molecule has 1 aliphatic heterocycles. The summed E-state index contributed by atoms with van der Waals surface area (Å²) in [6, 6.07) is 5.66. The number of thioether (sulfide) groups is 1. The number of carbonyl (C=O) groups excluding carboxylic acids is 1. The van der Waals surface area contributed by atoms with Crippen molar-refractivity contribution in [1.29, 1.82) is 0 Å². The summed E-state index contributed by atoms with van der Waals surface area (Å²) >= 11 is 1.50. The molecule has 1 fully saturated rings. The van der Waals surface area contributed by atoms with Crippen molar-refractivity contribution in [2.24, 2.45) is 0 Å². The van der Waals surface area contributed by atoms with Gasteiger partial charge in [0.1, 0.15) is 0 Å². The molecule has 0 bridgehead atoms. The maximum Gasteiger partial charge on any atom is 0.233 e. The van der Waals surface area contributed by atoms with Gasteiger partial charge in [-0.05, 0) is 18.2 Å². The molecule has 2 rings (SSSR count). The van der Waals surface area contributed by atoms with Gasteiger partial charge in [0.25, 0.3) is 0 Å². The molecule has 5 nitrogen and oxygen atoms in total. The molecular weight excluding hydrogens is 278 g/mol. The van der Waals surface area contributed by atoms with Gasteiger partial charge in [0, 0.05) is 18.0 Å². The van der Waals surface area contributed by atoms with Crippen LogP contribution in [0.3, 0.4) is 0 Å². The highest BCUT2D eigenvalue weighted by Crippen LogP contribution is 2.31. The first-order chi connectivity index (χ1) is 9.74. The standard InChI is InChI=1S/C14H19NO4S/c1-17-12-4-3-11(9-13(12)18-2)20-10-14(16)15-5-7-19-8-6-15/h3-4,9H,5-8,10H2,1-2H3. The summed E-state index contributed by atoms with van der Waals surface area (Å²) in [5.41, 5.74) is 0. The average molecular weight is 297 g/mol. The molecule has 0 radical (unpaired) electrons. The van der Waals surface area contributed by atoms with Gasteiger partial charge < -0.3 is 19.1 Å². The molecule has 1 heterocycles. The Bertz CT molecular complexity index is 460. The SMILES string of the molecule is COc1ccc(SCC(=O)N2CCOCC2)cc1OC. The quantitative estimate of drug-likeness (QED) is 0.774. The molecule has 1 aromatic carbocycles. The summed E-state index contributed by atoms with van der Waals surface area (Å²) < 4.78 is 15.7. The van der Waals surface area contributed by atoms with E-state index in [1.165, 1.54) is 11.8 Å². The summed E-state index contributed by atoms with van der Waals surface area (Å²) in [4.78, 5) is 14.9. The third-order valence-corrected chi connectivity index (χ3v) is 4.06. The molecular formula is C14H19NO4S. The highest BCUT2D eigenvalue weighted by molar-refractivity contribution is 8.00. The largest absolute Gasteiger partial charge is 0.493 e. The summed E-state index contributed by atoms with van der Waals surface area (Å²) in [6.45, 7) is 2.64. The fourth-order valence-corrected chi connectivity index (χ4v) is 2.78. The van der Waals surface area contributed by atoms with Crippen LogP contribution in [0.1, 0.15) is 0 Å². The monoisotopic (exact) mass is 297 g/mol. The molecule has 0 spiro atoms. The van der Waals surface area contributed by atoms with E-state index in [-0.39, 0.29) is 5.91 Å². The molecule has 110 valence electrons. The number of rotatable bonds is 5. The van der Waals surface area contributed by atoms with E-state index >= 15 is 0 Å². The van der Waals surface area contributed by atoms with Crippen molar-refractivity contribution in [2.75, 3.05) is 46.3 Å². The minimum atomic E-state index is 0.146. The lowest BCUT2D eigenvalue weighted by molar-refractivity contribution is -0.132. The second-order valence-electron chi connectivity index (χ2n) is 4.30. The number of ether oxygens (including phenoxy) is 3. The zero-order valence-corrected chi connectivity index (χ0v) is 12.6. The summed E-state index contributed by atoms with van der Waals surface area (Å²) in [5.74, 6) is 1.94. The first-order valence-electron chi connectivity index (χ1n) is 6.45. The minimum Gasteiger partial charge on any atom is -0.493 e. The van der Waals surface area contributed by atoms with E-state index in [0.717, 1.165) is 4.90 Å². The van der Waals surface area contributed by atoms with Crippen molar-refractivity contribution >= 4 is 17.7 Å². The van der Waals surface area contributed by atoms with E-state index in [2.05, 4.69) is 0 Å². The summed E-state index contributed by atoms with van der Waals surface area (Å²) in [6.07, 6.45) is 0. The number of methoxy groups -OCH3 is 2. The van der Waals surface area contributed by atoms with Crippen LogP contribution < -0.4 is 9.47 Å². The number of morpholine rings is 1. The number of hydrogen-bond donors (Lipinski definition) is 0. The van der Waals surface area contributed by atoms with Gasteiger partial charge >= 0.3 is 0 Å². The van der Waals surface area contributed by atoms with E-state index in [4.69, 9.17) is 14.2 Å². The van der Waals surface area contributed by atoms with E-state index in [0.29, 0.717) is 43.6 Å². The maximum absolute atomic E-state index is 12.0. The smallest absolute Gasteiger partial charge is 0.233 e. The first kappa shape index (κ1) is 15.0. The van der Waals surface area contributed by atoms with Crippen molar-refractivity contribution in [3.8, 4) is 11.5 Å². The molecule has 20 heavy (non-hydrogen) atoms.